The summed E-state index contributed by atoms with van der Waals surface area (Å²) in [5.74, 6) is 0.607. The lowest BCUT2D eigenvalue weighted by molar-refractivity contribution is 0.651. The van der Waals surface area contributed by atoms with Crippen LogP contribution in [0, 0.1) is 26.7 Å². The summed E-state index contributed by atoms with van der Waals surface area (Å²) >= 11 is 0. The first-order valence-electron chi connectivity index (χ1n) is 10.9. The predicted octanol–water partition coefficient (Wildman–Crippen LogP) is 7.51. The van der Waals surface area contributed by atoms with Crippen LogP contribution >= 0.6 is 0 Å². The molecule has 0 aliphatic heterocycles. The van der Waals surface area contributed by atoms with E-state index in [1.807, 2.05) is 6.20 Å². The van der Waals surface area contributed by atoms with Crippen molar-refractivity contribution in [3.05, 3.63) is 70.9 Å². The largest absolute Gasteiger partial charge is 0.308 e. The Bertz CT molecular complexity index is 1620. The Morgan fingerprint density at radius 2 is 1.67 bits per heavy atom. The van der Waals surface area contributed by atoms with Crippen LogP contribution in [-0.4, -0.2) is 9.38 Å². The van der Waals surface area contributed by atoms with E-state index < -0.39 is 0 Å². The second-order valence-electron chi connectivity index (χ2n) is 9.45. The highest BCUT2D eigenvalue weighted by molar-refractivity contribution is 6.28. The molecule has 6 aromatic rings. The lowest BCUT2D eigenvalue weighted by Gasteiger charge is -2.16. The van der Waals surface area contributed by atoms with Gasteiger partial charge in [0.1, 0.15) is 0 Å². The van der Waals surface area contributed by atoms with Gasteiger partial charge in [-0.15, -0.1) is 0 Å². The fourth-order valence-electron chi connectivity index (χ4n) is 5.54. The van der Waals surface area contributed by atoms with E-state index >= 15 is 0 Å². The van der Waals surface area contributed by atoms with Gasteiger partial charge >= 0.3 is 0 Å². The molecule has 30 heavy (non-hydrogen) atoms. The van der Waals surface area contributed by atoms with Crippen LogP contribution in [0.2, 0.25) is 0 Å². The maximum atomic E-state index is 4.91. The Morgan fingerprint density at radius 1 is 0.833 bits per heavy atom. The van der Waals surface area contributed by atoms with Gasteiger partial charge in [-0.3, -0.25) is 4.98 Å². The van der Waals surface area contributed by atoms with Gasteiger partial charge in [-0.05, 0) is 73.4 Å². The maximum Gasteiger partial charge on any atom is 0.0822 e. The van der Waals surface area contributed by atoms with E-state index in [2.05, 4.69) is 81.5 Å². The normalized spacial score (nSPS) is 12.6. The monoisotopic (exact) mass is 390 g/mol. The molecule has 6 rings (SSSR count). The zero-order chi connectivity index (χ0) is 20.7. The standard InChI is InChI=1S/C28H26N2/c1-15(2)10-20-14-19-8-9-29-26-22-12-17(4)11-18(5)27(22)30-23-13-16(3)6-7-21(23)24(20)28(30)25(19)26/h6-9,11-15H,10H2,1-5H3. The maximum absolute atomic E-state index is 4.91. The lowest BCUT2D eigenvalue weighted by Crippen LogP contribution is -1.99. The molecule has 2 heteroatoms. The minimum atomic E-state index is 0.607. The van der Waals surface area contributed by atoms with Crippen molar-refractivity contribution in [1.29, 1.82) is 0 Å². The molecule has 0 N–H and O–H groups in total. The molecule has 0 bridgehead atoms. The summed E-state index contributed by atoms with van der Waals surface area (Å²) < 4.78 is 2.53. The highest BCUT2D eigenvalue weighted by Crippen LogP contribution is 2.43. The van der Waals surface area contributed by atoms with Crippen molar-refractivity contribution in [3.63, 3.8) is 0 Å². The molecule has 0 saturated carbocycles. The number of nitrogens with zero attached hydrogens (tertiary/aromatic N) is 2. The molecule has 3 aromatic carbocycles. The molecule has 2 nitrogen and oxygen atoms in total. The molecular formula is C28H26N2. The van der Waals surface area contributed by atoms with Gasteiger partial charge in [-0.2, -0.15) is 0 Å². The number of fused-ring (bicyclic) bond motifs is 6. The van der Waals surface area contributed by atoms with Gasteiger partial charge < -0.3 is 4.40 Å². The lowest BCUT2D eigenvalue weighted by atomic mass is 9.93. The van der Waals surface area contributed by atoms with E-state index in [0.29, 0.717) is 5.92 Å². The van der Waals surface area contributed by atoms with Gasteiger partial charge in [0.25, 0.3) is 0 Å². The fourth-order valence-corrected chi connectivity index (χ4v) is 5.54. The van der Waals surface area contributed by atoms with Crippen molar-refractivity contribution in [3.8, 4) is 0 Å². The summed E-state index contributed by atoms with van der Waals surface area (Å²) in [6, 6.07) is 16.1. The first-order chi connectivity index (χ1) is 14.4. The van der Waals surface area contributed by atoms with Crippen LogP contribution in [0.15, 0.2) is 48.7 Å². The molecule has 148 valence electrons. The quantitative estimate of drug-likeness (QED) is 0.221. The highest BCUT2D eigenvalue weighted by atomic mass is 14.9. The molecule has 3 aromatic heterocycles. The summed E-state index contributed by atoms with van der Waals surface area (Å²) in [6.07, 6.45) is 3.06. The van der Waals surface area contributed by atoms with Gasteiger partial charge in [0, 0.05) is 27.7 Å². The third-order valence-corrected chi connectivity index (χ3v) is 6.55. The number of benzene rings is 3. The van der Waals surface area contributed by atoms with E-state index in [1.165, 1.54) is 65.7 Å². The second kappa shape index (κ2) is 5.95. The number of hydrogen-bond donors (Lipinski definition) is 0. The third-order valence-electron chi connectivity index (χ3n) is 6.55. The third kappa shape index (κ3) is 2.22. The topological polar surface area (TPSA) is 17.3 Å². The van der Waals surface area contributed by atoms with Crippen LogP contribution in [0.3, 0.4) is 0 Å². The van der Waals surface area contributed by atoms with Crippen molar-refractivity contribution < 1.29 is 0 Å². The van der Waals surface area contributed by atoms with Gasteiger partial charge in [-0.1, -0.05) is 43.7 Å². The van der Waals surface area contributed by atoms with Crippen LogP contribution in [0.25, 0.3) is 49.0 Å². The number of aromatic nitrogens is 2. The number of aryl methyl sites for hydroxylation is 3. The van der Waals surface area contributed by atoms with Crippen LogP contribution in [0.5, 0.6) is 0 Å². The first-order valence-corrected chi connectivity index (χ1v) is 10.9. The second-order valence-corrected chi connectivity index (χ2v) is 9.45. The van der Waals surface area contributed by atoms with Crippen molar-refractivity contribution >= 4 is 49.0 Å². The van der Waals surface area contributed by atoms with Gasteiger partial charge in [-0.25, -0.2) is 0 Å². The van der Waals surface area contributed by atoms with E-state index in [-0.39, 0.29) is 0 Å². The van der Waals surface area contributed by atoms with Gasteiger partial charge in [0.15, 0.2) is 0 Å². The first kappa shape index (κ1) is 17.7. The van der Waals surface area contributed by atoms with Crippen LogP contribution in [0.4, 0.5) is 0 Å². The predicted molar refractivity (Wildman–Crippen MR) is 129 cm³/mol. The molecule has 0 fully saturated rings. The van der Waals surface area contributed by atoms with Crippen molar-refractivity contribution in [2.45, 2.75) is 41.0 Å². The molecule has 3 heterocycles. The van der Waals surface area contributed by atoms with Gasteiger partial charge in [0.2, 0.25) is 0 Å². The minimum Gasteiger partial charge on any atom is -0.308 e. The molecular weight excluding hydrogens is 364 g/mol. The summed E-state index contributed by atoms with van der Waals surface area (Å²) in [5, 5.41) is 6.62. The van der Waals surface area contributed by atoms with Crippen LogP contribution in [-0.2, 0) is 6.42 Å². The molecule has 0 spiro atoms. The van der Waals surface area contributed by atoms with Crippen LogP contribution < -0.4 is 0 Å². The van der Waals surface area contributed by atoms with E-state index in [4.69, 9.17) is 4.98 Å². The Labute approximate surface area is 176 Å². The molecule has 0 aliphatic rings. The average Bonchev–Trinajstić information content (AvgIpc) is 3.01. The molecule has 0 amide bonds. The summed E-state index contributed by atoms with van der Waals surface area (Å²) in [5.41, 5.74) is 10.4. The Balaban J connectivity index is 2.04. The summed E-state index contributed by atoms with van der Waals surface area (Å²) in [6.45, 7) is 11.2. The smallest absolute Gasteiger partial charge is 0.0822 e. The van der Waals surface area contributed by atoms with E-state index in [0.717, 1.165) is 11.9 Å². The van der Waals surface area contributed by atoms with Crippen molar-refractivity contribution in [2.75, 3.05) is 0 Å². The minimum absolute atomic E-state index is 0.607. The average molecular weight is 391 g/mol. The number of hydrogen-bond acceptors (Lipinski definition) is 1. The summed E-state index contributed by atoms with van der Waals surface area (Å²) in [4.78, 5) is 4.91. The molecule has 0 aliphatic carbocycles. The summed E-state index contributed by atoms with van der Waals surface area (Å²) in [7, 11) is 0. The Kier molecular flexibility index (Phi) is 3.51. The van der Waals surface area contributed by atoms with Crippen molar-refractivity contribution in [1.82, 2.24) is 9.38 Å². The zero-order valence-corrected chi connectivity index (χ0v) is 18.3. The number of pyridine rings is 2. The van der Waals surface area contributed by atoms with Crippen molar-refractivity contribution in [2.24, 2.45) is 5.92 Å². The van der Waals surface area contributed by atoms with E-state index in [1.54, 1.807) is 0 Å². The zero-order valence-electron chi connectivity index (χ0n) is 18.3. The highest BCUT2D eigenvalue weighted by Gasteiger charge is 2.22. The molecule has 0 atom stereocenters. The molecule has 0 unspecified atom stereocenters. The van der Waals surface area contributed by atoms with E-state index in [9.17, 15) is 0 Å². The number of rotatable bonds is 2. The van der Waals surface area contributed by atoms with Crippen LogP contribution in [0.1, 0.15) is 36.1 Å². The fraction of sp³-hybridized carbons (Fsp3) is 0.250. The molecule has 0 saturated heterocycles. The Morgan fingerprint density at radius 3 is 2.47 bits per heavy atom. The van der Waals surface area contributed by atoms with Gasteiger partial charge in [0.05, 0.1) is 22.1 Å². The molecule has 0 radical (unpaired) electrons. The SMILES string of the molecule is Cc1cc(C)c2c(c1)c1nccc3cc(CC(C)C)c4c5ccc(C)cc5n2c4c31. The Hall–Kier alpha value is -3.13.